The summed E-state index contributed by atoms with van der Waals surface area (Å²) < 4.78 is 13.9. The molecule has 1 atom stereocenters. The molecule has 4 heterocycles. The topological polar surface area (TPSA) is 107 Å². The number of amides is 2. The SMILES string of the molecule is CN1C(=O)[C@@H](NC(=O)c2n[nH]c(Cc3ccccc3F)n2)CSc2cc(N3CCCC3)ncc21. The molecule has 0 aliphatic carbocycles. The van der Waals surface area contributed by atoms with Crippen LogP contribution in [0.25, 0.3) is 0 Å². The second-order valence-corrected chi connectivity index (χ2v) is 9.37. The van der Waals surface area contributed by atoms with Crippen LogP contribution in [0.3, 0.4) is 0 Å². The summed E-state index contributed by atoms with van der Waals surface area (Å²) in [7, 11) is 1.68. The Morgan fingerprint density at radius 3 is 2.88 bits per heavy atom. The van der Waals surface area contributed by atoms with E-state index in [1.54, 1.807) is 31.4 Å². The summed E-state index contributed by atoms with van der Waals surface area (Å²) in [5.41, 5.74) is 1.17. The number of fused-ring (bicyclic) bond motifs is 1. The van der Waals surface area contributed by atoms with Crippen LogP contribution in [0.15, 0.2) is 41.4 Å². The molecule has 0 radical (unpaired) electrons. The Kier molecular flexibility index (Phi) is 6.18. The molecule has 0 unspecified atom stereocenters. The predicted molar refractivity (Wildman–Crippen MR) is 127 cm³/mol. The summed E-state index contributed by atoms with van der Waals surface area (Å²) in [5, 5.41) is 9.38. The number of carbonyl (C=O) groups excluding carboxylic acids is 2. The number of thioether (sulfide) groups is 1. The van der Waals surface area contributed by atoms with E-state index in [1.165, 1.54) is 22.7 Å². The van der Waals surface area contributed by atoms with Crippen molar-refractivity contribution in [3.05, 3.63) is 59.6 Å². The van der Waals surface area contributed by atoms with Crippen LogP contribution in [-0.4, -0.2) is 63.9 Å². The van der Waals surface area contributed by atoms with Crippen molar-refractivity contribution >= 4 is 35.1 Å². The highest BCUT2D eigenvalue weighted by atomic mass is 32.2. The van der Waals surface area contributed by atoms with E-state index in [4.69, 9.17) is 0 Å². The van der Waals surface area contributed by atoms with Gasteiger partial charge in [-0.05, 0) is 30.5 Å². The number of anilines is 2. The Balaban J connectivity index is 1.27. The first kappa shape index (κ1) is 22.3. The number of carbonyl (C=O) groups is 2. The molecule has 2 aliphatic rings. The number of hydrogen-bond acceptors (Lipinski definition) is 7. The van der Waals surface area contributed by atoms with Crippen molar-refractivity contribution < 1.29 is 14.0 Å². The van der Waals surface area contributed by atoms with Crippen molar-refractivity contribution in [3.8, 4) is 0 Å². The highest BCUT2D eigenvalue weighted by Crippen LogP contribution is 2.36. The first-order valence-electron chi connectivity index (χ1n) is 11.1. The third-order valence-corrected chi connectivity index (χ3v) is 7.15. The lowest BCUT2D eigenvalue weighted by Crippen LogP contribution is -2.48. The molecule has 34 heavy (non-hydrogen) atoms. The minimum absolute atomic E-state index is 0.0912. The van der Waals surface area contributed by atoms with Gasteiger partial charge >= 0.3 is 0 Å². The lowest BCUT2D eigenvalue weighted by molar-refractivity contribution is -0.119. The smallest absolute Gasteiger partial charge is 0.291 e. The highest BCUT2D eigenvalue weighted by Gasteiger charge is 2.31. The fraction of sp³-hybridized carbons (Fsp3) is 0.348. The van der Waals surface area contributed by atoms with E-state index < -0.39 is 11.9 Å². The number of H-pyrrole nitrogens is 1. The van der Waals surface area contributed by atoms with Crippen molar-refractivity contribution in [2.24, 2.45) is 0 Å². The van der Waals surface area contributed by atoms with E-state index in [0.717, 1.165) is 42.3 Å². The van der Waals surface area contributed by atoms with Crippen molar-refractivity contribution in [2.45, 2.75) is 30.2 Å². The van der Waals surface area contributed by atoms with Gasteiger partial charge in [0, 0.05) is 37.2 Å². The molecule has 1 fully saturated rings. The van der Waals surface area contributed by atoms with Gasteiger partial charge in [0.1, 0.15) is 23.5 Å². The molecule has 5 rings (SSSR count). The number of aromatic nitrogens is 4. The van der Waals surface area contributed by atoms with E-state index in [1.807, 2.05) is 6.07 Å². The van der Waals surface area contributed by atoms with Crippen LogP contribution in [0.2, 0.25) is 0 Å². The van der Waals surface area contributed by atoms with Crippen LogP contribution in [-0.2, 0) is 11.2 Å². The fourth-order valence-corrected chi connectivity index (χ4v) is 5.23. The van der Waals surface area contributed by atoms with Gasteiger partial charge in [0.05, 0.1) is 11.9 Å². The Morgan fingerprint density at radius 2 is 2.09 bits per heavy atom. The fourth-order valence-electron chi connectivity index (χ4n) is 4.13. The second-order valence-electron chi connectivity index (χ2n) is 8.31. The molecule has 0 bridgehead atoms. The molecule has 0 spiro atoms. The molecule has 2 aromatic heterocycles. The van der Waals surface area contributed by atoms with Crippen LogP contribution < -0.4 is 15.1 Å². The number of rotatable bonds is 5. The van der Waals surface area contributed by atoms with Gasteiger partial charge in [-0.25, -0.2) is 14.4 Å². The molecule has 2 amide bonds. The summed E-state index contributed by atoms with van der Waals surface area (Å²) in [6.45, 7) is 1.97. The van der Waals surface area contributed by atoms with Gasteiger partial charge in [-0.3, -0.25) is 14.7 Å². The van der Waals surface area contributed by atoms with Gasteiger partial charge < -0.3 is 15.1 Å². The summed E-state index contributed by atoms with van der Waals surface area (Å²) in [6.07, 6.45) is 4.21. The maximum atomic E-state index is 13.9. The summed E-state index contributed by atoms with van der Waals surface area (Å²) in [6, 6.07) is 7.62. The van der Waals surface area contributed by atoms with E-state index in [2.05, 4.69) is 30.4 Å². The second kappa shape index (κ2) is 9.41. The van der Waals surface area contributed by atoms with Gasteiger partial charge in [0.15, 0.2) is 0 Å². The van der Waals surface area contributed by atoms with Gasteiger partial charge in [0.2, 0.25) is 11.7 Å². The molecule has 1 aromatic carbocycles. The monoisotopic (exact) mass is 481 g/mol. The zero-order chi connectivity index (χ0) is 23.7. The molecule has 1 saturated heterocycles. The highest BCUT2D eigenvalue weighted by molar-refractivity contribution is 7.99. The largest absolute Gasteiger partial charge is 0.357 e. The van der Waals surface area contributed by atoms with Crippen LogP contribution in [0.1, 0.15) is 34.8 Å². The van der Waals surface area contributed by atoms with Gasteiger partial charge in [-0.1, -0.05) is 18.2 Å². The number of benzene rings is 1. The lowest BCUT2D eigenvalue weighted by atomic mass is 10.1. The Hall–Kier alpha value is -3.47. The minimum atomic E-state index is -0.751. The number of aromatic amines is 1. The summed E-state index contributed by atoms with van der Waals surface area (Å²) in [5.74, 6) is 0.403. The Morgan fingerprint density at radius 1 is 1.29 bits per heavy atom. The molecule has 0 saturated carbocycles. The quantitative estimate of drug-likeness (QED) is 0.576. The van der Waals surface area contributed by atoms with Crippen molar-refractivity contribution in [1.82, 2.24) is 25.5 Å². The molecule has 176 valence electrons. The number of hydrogen-bond donors (Lipinski definition) is 2. The van der Waals surface area contributed by atoms with Crippen molar-refractivity contribution in [1.29, 1.82) is 0 Å². The number of halogens is 1. The number of pyridine rings is 1. The minimum Gasteiger partial charge on any atom is -0.357 e. The third-order valence-electron chi connectivity index (χ3n) is 6.01. The first-order valence-corrected chi connectivity index (χ1v) is 12.1. The number of nitrogens with one attached hydrogen (secondary N) is 2. The standard InChI is InChI=1S/C23H24FN7O2S/c1-30-17-12-25-20(31-8-4-5-9-31)11-18(17)34-13-16(23(30)33)26-22(32)21-27-19(28-29-21)10-14-6-2-3-7-15(14)24/h2-3,6-7,11-12,16H,4-5,8-10,13H2,1H3,(H,26,32)(H,27,28,29)/t16-/m0/s1. The summed E-state index contributed by atoms with van der Waals surface area (Å²) in [4.78, 5) is 39.3. The van der Waals surface area contributed by atoms with E-state index in [-0.39, 0.29) is 24.0 Å². The first-order chi connectivity index (χ1) is 16.5. The van der Waals surface area contributed by atoms with E-state index >= 15 is 0 Å². The van der Waals surface area contributed by atoms with Crippen LogP contribution in [0.5, 0.6) is 0 Å². The molecular formula is C23H24FN7O2S. The molecule has 2 aliphatic heterocycles. The molecule has 11 heteroatoms. The maximum absolute atomic E-state index is 13.9. The molecule has 9 nitrogen and oxygen atoms in total. The van der Waals surface area contributed by atoms with Crippen LogP contribution >= 0.6 is 11.8 Å². The summed E-state index contributed by atoms with van der Waals surface area (Å²) >= 11 is 1.51. The van der Waals surface area contributed by atoms with E-state index in [9.17, 15) is 14.0 Å². The predicted octanol–water partition coefficient (Wildman–Crippen LogP) is 2.40. The molecule has 2 N–H and O–H groups in total. The van der Waals surface area contributed by atoms with Gasteiger partial charge in [-0.15, -0.1) is 16.9 Å². The molecular weight excluding hydrogens is 457 g/mol. The Bertz CT molecular complexity index is 1230. The van der Waals surface area contributed by atoms with E-state index in [0.29, 0.717) is 17.1 Å². The average Bonchev–Trinajstić information content (AvgIpc) is 3.53. The zero-order valence-electron chi connectivity index (χ0n) is 18.6. The maximum Gasteiger partial charge on any atom is 0.291 e. The normalized spacial score (nSPS) is 18.1. The van der Waals surface area contributed by atoms with Crippen molar-refractivity contribution in [3.63, 3.8) is 0 Å². The van der Waals surface area contributed by atoms with Crippen molar-refractivity contribution in [2.75, 3.05) is 35.7 Å². The molecule has 3 aromatic rings. The number of likely N-dealkylation sites (N-methyl/N-ethyl adjacent to an activating group) is 1. The van der Waals surface area contributed by atoms with Crippen LogP contribution in [0, 0.1) is 5.82 Å². The Labute approximate surface area is 200 Å². The number of nitrogens with zero attached hydrogens (tertiary/aromatic N) is 5. The van der Waals surface area contributed by atoms with Gasteiger partial charge in [0.25, 0.3) is 5.91 Å². The third kappa shape index (κ3) is 4.47. The lowest BCUT2D eigenvalue weighted by Gasteiger charge is -2.22. The zero-order valence-corrected chi connectivity index (χ0v) is 19.4. The average molecular weight is 482 g/mol. The van der Waals surface area contributed by atoms with Crippen LogP contribution in [0.4, 0.5) is 15.9 Å². The van der Waals surface area contributed by atoms with Gasteiger partial charge in [-0.2, -0.15) is 0 Å².